The number of nitrogens with zero attached hydrogens (tertiary/aromatic N) is 2. The largest absolute Gasteiger partial charge is 0.497 e. The van der Waals surface area contributed by atoms with Crippen LogP contribution in [0.3, 0.4) is 0 Å². The Hall–Kier alpha value is -3.02. The molecule has 3 rings (SSSR count). The van der Waals surface area contributed by atoms with Crippen molar-refractivity contribution in [1.29, 1.82) is 0 Å². The SMILES string of the molecule is COc1ccc(C(=O)N(Cc2cc(NC(=O)C3CCCC3)ccc2N(C)C)[C@H](C)C(C)C)cc1. The van der Waals surface area contributed by atoms with E-state index in [1.165, 1.54) is 0 Å². The van der Waals surface area contributed by atoms with Gasteiger partial charge in [-0.05, 0) is 73.7 Å². The Bertz CT molecular complexity index is 979. The van der Waals surface area contributed by atoms with Crippen molar-refractivity contribution in [2.45, 2.75) is 59.0 Å². The first kappa shape index (κ1) is 25.6. The molecule has 1 N–H and O–H groups in total. The molecule has 0 saturated heterocycles. The number of methoxy groups -OCH3 is 1. The molecule has 6 heteroatoms. The van der Waals surface area contributed by atoms with Crippen LogP contribution in [-0.2, 0) is 11.3 Å². The number of amides is 2. The normalized spacial score (nSPS) is 14.7. The van der Waals surface area contributed by atoms with Crippen molar-refractivity contribution in [1.82, 2.24) is 4.90 Å². The number of hydrogen-bond donors (Lipinski definition) is 1. The molecule has 6 nitrogen and oxygen atoms in total. The minimum Gasteiger partial charge on any atom is -0.497 e. The lowest BCUT2D eigenvalue weighted by Crippen LogP contribution is -2.41. The molecule has 2 aromatic rings. The highest BCUT2D eigenvalue weighted by atomic mass is 16.5. The topological polar surface area (TPSA) is 61.9 Å². The third-order valence-corrected chi connectivity index (χ3v) is 6.95. The molecule has 0 radical (unpaired) electrons. The van der Waals surface area contributed by atoms with Crippen LogP contribution in [0.25, 0.3) is 0 Å². The van der Waals surface area contributed by atoms with Gasteiger partial charge < -0.3 is 19.9 Å². The van der Waals surface area contributed by atoms with Crippen LogP contribution in [0, 0.1) is 11.8 Å². The summed E-state index contributed by atoms with van der Waals surface area (Å²) in [5.41, 5.74) is 3.45. The molecule has 0 unspecified atom stereocenters. The van der Waals surface area contributed by atoms with Gasteiger partial charge in [0, 0.05) is 49.5 Å². The van der Waals surface area contributed by atoms with Crippen molar-refractivity contribution in [3.63, 3.8) is 0 Å². The number of ether oxygens (including phenoxy) is 1. The predicted octanol–water partition coefficient (Wildman–Crippen LogP) is 5.58. The minimum absolute atomic E-state index is 0.0195. The molecule has 1 atom stereocenters. The smallest absolute Gasteiger partial charge is 0.254 e. The van der Waals surface area contributed by atoms with Crippen molar-refractivity contribution in [3.8, 4) is 5.75 Å². The van der Waals surface area contributed by atoms with Gasteiger partial charge in [-0.2, -0.15) is 0 Å². The highest BCUT2D eigenvalue weighted by molar-refractivity contribution is 5.95. The van der Waals surface area contributed by atoms with E-state index in [2.05, 4.69) is 26.1 Å². The standard InChI is InChI=1S/C28H39N3O3/c1-19(2)20(3)31(28(33)22-11-14-25(34-6)15-12-22)18-23-17-24(13-16-26(23)30(4)5)29-27(32)21-9-7-8-10-21/h11-17,19-21H,7-10,18H2,1-6H3,(H,29,32)/t20-/m1/s1. The number of carbonyl (C=O) groups excluding carboxylic acids is 2. The fourth-order valence-electron chi connectivity index (χ4n) is 4.50. The Morgan fingerprint density at radius 3 is 2.24 bits per heavy atom. The summed E-state index contributed by atoms with van der Waals surface area (Å²) in [6.07, 6.45) is 4.17. The monoisotopic (exact) mass is 465 g/mol. The summed E-state index contributed by atoms with van der Waals surface area (Å²) in [5, 5.41) is 3.11. The fraction of sp³-hybridized carbons (Fsp3) is 0.500. The summed E-state index contributed by atoms with van der Waals surface area (Å²) in [5.74, 6) is 1.19. The Morgan fingerprint density at radius 2 is 1.68 bits per heavy atom. The molecule has 1 saturated carbocycles. The Balaban J connectivity index is 1.91. The maximum Gasteiger partial charge on any atom is 0.254 e. The van der Waals surface area contributed by atoms with E-state index in [4.69, 9.17) is 4.74 Å². The Kier molecular flexibility index (Phi) is 8.59. The van der Waals surface area contributed by atoms with Crippen molar-refractivity contribution in [2.24, 2.45) is 11.8 Å². The molecule has 2 amide bonds. The van der Waals surface area contributed by atoms with E-state index in [1.807, 2.05) is 66.4 Å². The average molecular weight is 466 g/mol. The zero-order valence-electron chi connectivity index (χ0n) is 21.4. The minimum atomic E-state index is -0.0195. The summed E-state index contributed by atoms with van der Waals surface area (Å²) in [7, 11) is 5.61. The lowest BCUT2D eigenvalue weighted by atomic mass is 10.0. The number of rotatable bonds is 9. The molecule has 1 aliphatic carbocycles. The summed E-state index contributed by atoms with van der Waals surface area (Å²) in [6, 6.07) is 13.3. The molecule has 34 heavy (non-hydrogen) atoms. The number of benzene rings is 2. The number of hydrogen-bond acceptors (Lipinski definition) is 4. The van der Waals surface area contributed by atoms with Crippen molar-refractivity contribution < 1.29 is 14.3 Å². The molecule has 0 spiro atoms. The van der Waals surface area contributed by atoms with Crippen LogP contribution in [-0.4, -0.2) is 44.0 Å². The van der Waals surface area contributed by atoms with Gasteiger partial charge in [-0.25, -0.2) is 0 Å². The third kappa shape index (κ3) is 6.10. The number of anilines is 2. The highest BCUT2D eigenvalue weighted by Gasteiger charge is 2.26. The second kappa shape index (κ2) is 11.4. The second-order valence-corrected chi connectivity index (χ2v) is 9.85. The fourth-order valence-corrected chi connectivity index (χ4v) is 4.50. The summed E-state index contributed by atoms with van der Waals surface area (Å²) in [6.45, 7) is 6.80. The number of nitrogens with one attached hydrogen (secondary N) is 1. The zero-order valence-corrected chi connectivity index (χ0v) is 21.4. The van der Waals surface area contributed by atoms with Gasteiger partial charge in [0.05, 0.1) is 7.11 Å². The summed E-state index contributed by atoms with van der Waals surface area (Å²) >= 11 is 0. The first-order chi connectivity index (χ1) is 16.2. The van der Waals surface area contributed by atoms with Gasteiger partial charge in [-0.15, -0.1) is 0 Å². The van der Waals surface area contributed by atoms with Crippen LogP contribution in [0.5, 0.6) is 5.75 Å². The van der Waals surface area contributed by atoms with Crippen LogP contribution in [0.2, 0.25) is 0 Å². The molecule has 0 heterocycles. The average Bonchev–Trinajstić information content (AvgIpc) is 3.37. The first-order valence-electron chi connectivity index (χ1n) is 12.3. The van der Waals surface area contributed by atoms with E-state index in [-0.39, 0.29) is 29.7 Å². The first-order valence-corrected chi connectivity index (χ1v) is 12.3. The van der Waals surface area contributed by atoms with Crippen LogP contribution in [0.4, 0.5) is 11.4 Å². The quantitative estimate of drug-likeness (QED) is 0.525. The molecule has 2 aromatic carbocycles. The lowest BCUT2D eigenvalue weighted by molar-refractivity contribution is -0.119. The van der Waals surface area contributed by atoms with E-state index in [1.54, 1.807) is 7.11 Å². The van der Waals surface area contributed by atoms with Crippen LogP contribution < -0.4 is 15.0 Å². The molecule has 184 valence electrons. The van der Waals surface area contributed by atoms with Gasteiger partial charge >= 0.3 is 0 Å². The van der Waals surface area contributed by atoms with E-state index in [9.17, 15) is 9.59 Å². The molecule has 1 fully saturated rings. The van der Waals surface area contributed by atoms with E-state index >= 15 is 0 Å². The van der Waals surface area contributed by atoms with Gasteiger partial charge in [-0.1, -0.05) is 26.7 Å². The van der Waals surface area contributed by atoms with Crippen molar-refractivity contribution in [2.75, 3.05) is 31.4 Å². The summed E-state index contributed by atoms with van der Waals surface area (Å²) in [4.78, 5) is 30.3. The molecular weight excluding hydrogens is 426 g/mol. The van der Waals surface area contributed by atoms with Crippen molar-refractivity contribution in [3.05, 3.63) is 53.6 Å². The maximum atomic E-state index is 13.6. The lowest BCUT2D eigenvalue weighted by Gasteiger charge is -2.33. The summed E-state index contributed by atoms with van der Waals surface area (Å²) < 4.78 is 5.25. The Labute approximate surface area is 204 Å². The van der Waals surface area contributed by atoms with Gasteiger partial charge in [0.25, 0.3) is 5.91 Å². The Morgan fingerprint density at radius 1 is 1.03 bits per heavy atom. The molecule has 0 aliphatic heterocycles. The van der Waals surface area contributed by atoms with Crippen LogP contribution in [0.1, 0.15) is 62.4 Å². The second-order valence-electron chi connectivity index (χ2n) is 9.85. The van der Waals surface area contributed by atoms with Gasteiger partial charge in [-0.3, -0.25) is 9.59 Å². The van der Waals surface area contributed by atoms with E-state index < -0.39 is 0 Å². The van der Waals surface area contributed by atoms with E-state index in [0.717, 1.165) is 48.4 Å². The molecule has 0 aromatic heterocycles. The van der Waals surface area contributed by atoms with Crippen molar-refractivity contribution >= 4 is 23.2 Å². The van der Waals surface area contributed by atoms with Crippen LogP contribution in [0.15, 0.2) is 42.5 Å². The zero-order chi connectivity index (χ0) is 24.8. The van der Waals surface area contributed by atoms with Gasteiger partial charge in [0.2, 0.25) is 5.91 Å². The molecular formula is C28H39N3O3. The molecule has 0 bridgehead atoms. The van der Waals surface area contributed by atoms with E-state index in [0.29, 0.717) is 12.1 Å². The molecule has 1 aliphatic rings. The van der Waals surface area contributed by atoms with Crippen LogP contribution >= 0.6 is 0 Å². The van der Waals surface area contributed by atoms with Gasteiger partial charge in [0.15, 0.2) is 0 Å². The highest BCUT2D eigenvalue weighted by Crippen LogP contribution is 2.30. The third-order valence-electron chi connectivity index (χ3n) is 6.95. The van der Waals surface area contributed by atoms with Gasteiger partial charge in [0.1, 0.15) is 5.75 Å². The number of carbonyl (C=O) groups is 2. The predicted molar refractivity (Wildman–Crippen MR) is 139 cm³/mol. The maximum absolute atomic E-state index is 13.6.